The van der Waals surface area contributed by atoms with Crippen LogP contribution in [0.2, 0.25) is 0 Å². The molecule has 4 nitrogen and oxygen atoms in total. The van der Waals surface area contributed by atoms with Gasteiger partial charge in [-0.25, -0.2) is 0 Å². The molecule has 0 saturated heterocycles. The van der Waals surface area contributed by atoms with Gasteiger partial charge in [0.2, 0.25) is 0 Å². The van der Waals surface area contributed by atoms with Gasteiger partial charge in [-0.3, -0.25) is 4.90 Å². The molecule has 4 heteroatoms. The van der Waals surface area contributed by atoms with E-state index in [1.165, 1.54) is 12.0 Å². The average molecular weight is 253 g/mol. The third kappa shape index (κ3) is 5.21. The topological polar surface area (TPSA) is 31.7 Å². The number of nitrogens with zero attached hydrogens (tertiary/aromatic N) is 2. The SMILES string of the molecule is CNCc1oc(CN(C)CCCN(C)C)cc1C. The van der Waals surface area contributed by atoms with Crippen LogP contribution in [0.25, 0.3) is 0 Å². The third-order valence-corrected chi connectivity index (χ3v) is 2.98. The molecule has 18 heavy (non-hydrogen) atoms. The van der Waals surface area contributed by atoms with Crippen molar-refractivity contribution in [1.82, 2.24) is 15.1 Å². The zero-order valence-corrected chi connectivity index (χ0v) is 12.4. The highest BCUT2D eigenvalue weighted by Gasteiger charge is 2.09. The van der Waals surface area contributed by atoms with Crippen LogP contribution in [0.3, 0.4) is 0 Å². The van der Waals surface area contributed by atoms with Crippen molar-refractivity contribution in [1.29, 1.82) is 0 Å². The van der Waals surface area contributed by atoms with Crippen LogP contribution in [0, 0.1) is 6.92 Å². The van der Waals surface area contributed by atoms with Crippen LogP contribution in [0.4, 0.5) is 0 Å². The first-order valence-electron chi connectivity index (χ1n) is 6.59. The van der Waals surface area contributed by atoms with Crippen LogP contribution in [-0.4, -0.2) is 51.1 Å². The normalized spacial score (nSPS) is 11.7. The number of nitrogens with one attached hydrogen (secondary N) is 1. The molecule has 0 spiro atoms. The lowest BCUT2D eigenvalue weighted by molar-refractivity contribution is 0.270. The molecule has 1 aromatic rings. The maximum atomic E-state index is 5.84. The van der Waals surface area contributed by atoms with Crippen LogP contribution in [0.1, 0.15) is 23.5 Å². The third-order valence-electron chi connectivity index (χ3n) is 2.98. The summed E-state index contributed by atoms with van der Waals surface area (Å²) in [5.74, 6) is 2.11. The Kier molecular flexibility index (Phi) is 6.39. The van der Waals surface area contributed by atoms with Gasteiger partial charge in [0.1, 0.15) is 11.5 Å². The summed E-state index contributed by atoms with van der Waals surface area (Å²) in [5, 5.41) is 3.13. The van der Waals surface area contributed by atoms with Gasteiger partial charge in [-0.15, -0.1) is 0 Å². The molecule has 0 atom stereocenters. The fourth-order valence-corrected chi connectivity index (χ4v) is 2.01. The minimum atomic E-state index is 0.802. The summed E-state index contributed by atoms with van der Waals surface area (Å²) in [5.41, 5.74) is 1.24. The van der Waals surface area contributed by atoms with Crippen molar-refractivity contribution in [2.45, 2.75) is 26.4 Å². The quantitative estimate of drug-likeness (QED) is 0.764. The zero-order valence-electron chi connectivity index (χ0n) is 12.4. The minimum Gasteiger partial charge on any atom is -0.463 e. The highest BCUT2D eigenvalue weighted by atomic mass is 16.3. The molecule has 0 saturated carbocycles. The molecule has 0 aliphatic rings. The fraction of sp³-hybridized carbons (Fsp3) is 0.714. The molecule has 1 N–H and O–H groups in total. The first-order chi connectivity index (χ1) is 8.52. The molecule has 1 rings (SSSR count). The average Bonchev–Trinajstić information content (AvgIpc) is 2.59. The summed E-state index contributed by atoms with van der Waals surface area (Å²) in [6.07, 6.45) is 1.19. The van der Waals surface area contributed by atoms with Gasteiger partial charge in [-0.05, 0) is 66.3 Å². The lowest BCUT2D eigenvalue weighted by atomic mass is 10.2. The van der Waals surface area contributed by atoms with Crippen LogP contribution in [0.5, 0.6) is 0 Å². The molecule has 0 aliphatic carbocycles. The van der Waals surface area contributed by atoms with Crippen molar-refractivity contribution in [2.75, 3.05) is 41.3 Å². The molecule has 0 bridgehead atoms. The Morgan fingerprint density at radius 1 is 1.22 bits per heavy atom. The van der Waals surface area contributed by atoms with Crippen LogP contribution in [0.15, 0.2) is 10.5 Å². The summed E-state index contributed by atoms with van der Waals surface area (Å²) >= 11 is 0. The molecule has 0 fully saturated rings. The Morgan fingerprint density at radius 3 is 2.56 bits per heavy atom. The van der Waals surface area contributed by atoms with E-state index in [9.17, 15) is 0 Å². The summed E-state index contributed by atoms with van der Waals surface area (Å²) in [6, 6.07) is 2.15. The first kappa shape index (κ1) is 15.2. The zero-order chi connectivity index (χ0) is 13.5. The van der Waals surface area contributed by atoms with Gasteiger partial charge in [-0.2, -0.15) is 0 Å². The van der Waals surface area contributed by atoms with Crippen LogP contribution < -0.4 is 5.32 Å². The largest absolute Gasteiger partial charge is 0.463 e. The van der Waals surface area contributed by atoms with E-state index in [4.69, 9.17) is 4.42 Å². The van der Waals surface area contributed by atoms with Crippen molar-refractivity contribution >= 4 is 0 Å². The van der Waals surface area contributed by atoms with E-state index >= 15 is 0 Å². The van der Waals surface area contributed by atoms with Gasteiger partial charge in [0.25, 0.3) is 0 Å². The van der Waals surface area contributed by atoms with E-state index < -0.39 is 0 Å². The van der Waals surface area contributed by atoms with E-state index in [0.717, 1.165) is 37.7 Å². The number of rotatable bonds is 8. The fourth-order valence-electron chi connectivity index (χ4n) is 2.01. The van der Waals surface area contributed by atoms with Gasteiger partial charge in [0.15, 0.2) is 0 Å². The second-order valence-electron chi connectivity index (χ2n) is 5.24. The molecule has 1 aromatic heterocycles. The number of hydrogen-bond donors (Lipinski definition) is 1. The molecule has 0 amide bonds. The van der Waals surface area contributed by atoms with Crippen molar-refractivity contribution in [3.05, 3.63) is 23.2 Å². The van der Waals surface area contributed by atoms with Crippen molar-refractivity contribution in [2.24, 2.45) is 0 Å². The molecular formula is C14H27N3O. The van der Waals surface area contributed by atoms with Crippen molar-refractivity contribution in [3.63, 3.8) is 0 Å². The van der Waals surface area contributed by atoms with E-state index in [0.29, 0.717) is 0 Å². The highest BCUT2D eigenvalue weighted by Crippen LogP contribution is 2.15. The lowest BCUT2D eigenvalue weighted by Crippen LogP contribution is -2.23. The van der Waals surface area contributed by atoms with Gasteiger partial charge in [0, 0.05) is 0 Å². The van der Waals surface area contributed by atoms with Gasteiger partial charge < -0.3 is 14.6 Å². The summed E-state index contributed by atoms with van der Waals surface area (Å²) in [6.45, 7) is 6.02. The predicted octanol–water partition coefficient (Wildman–Crippen LogP) is 1.69. The molecule has 1 heterocycles. The molecule has 0 unspecified atom stereocenters. The Labute approximate surface area is 111 Å². The molecule has 0 radical (unpaired) electrons. The maximum absolute atomic E-state index is 5.84. The summed E-state index contributed by atoms with van der Waals surface area (Å²) < 4.78 is 5.84. The molecule has 0 aliphatic heterocycles. The van der Waals surface area contributed by atoms with E-state index in [2.05, 4.69) is 49.2 Å². The van der Waals surface area contributed by atoms with E-state index in [1.54, 1.807) is 0 Å². The highest BCUT2D eigenvalue weighted by molar-refractivity contribution is 5.19. The van der Waals surface area contributed by atoms with Crippen LogP contribution in [-0.2, 0) is 13.1 Å². The number of aryl methyl sites for hydroxylation is 1. The van der Waals surface area contributed by atoms with E-state index in [1.807, 2.05) is 7.05 Å². The van der Waals surface area contributed by atoms with E-state index in [-0.39, 0.29) is 0 Å². The van der Waals surface area contributed by atoms with Crippen molar-refractivity contribution in [3.8, 4) is 0 Å². The predicted molar refractivity (Wildman–Crippen MR) is 75.7 cm³/mol. The Morgan fingerprint density at radius 2 is 1.94 bits per heavy atom. The van der Waals surface area contributed by atoms with Crippen LogP contribution >= 0.6 is 0 Å². The maximum Gasteiger partial charge on any atom is 0.120 e. The van der Waals surface area contributed by atoms with Gasteiger partial charge >= 0.3 is 0 Å². The molecule has 104 valence electrons. The van der Waals surface area contributed by atoms with Crippen molar-refractivity contribution < 1.29 is 4.42 Å². The number of hydrogen-bond acceptors (Lipinski definition) is 4. The Bertz CT molecular complexity index is 347. The van der Waals surface area contributed by atoms with Gasteiger partial charge in [-0.1, -0.05) is 0 Å². The van der Waals surface area contributed by atoms with Gasteiger partial charge in [0.05, 0.1) is 13.1 Å². The lowest BCUT2D eigenvalue weighted by Gasteiger charge is -2.16. The summed E-state index contributed by atoms with van der Waals surface area (Å²) in [4.78, 5) is 4.53. The Balaban J connectivity index is 2.39. The number of furan rings is 1. The standard InChI is InChI=1S/C14H27N3O/c1-12-9-13(18-14(12)10-15-2)11-17(5)8-6-7-16(3)4/h9,15H,6-8,10-11H2,1-5H3. The minimum absolute atomic E-state index is 0.802. The first-order valence-corrected chi connectivity index (χ1v) is 6.59. The monoisotopic (exact) mass is 253 g/mol. The second kappa shape index (κ2) is 7.56. The smallest absolute Gasteiger partial charge is 0.120 e. The Hall–Kier alpha value is -0.840. The second-order valence-corrected chi connectivity index (χ2v) is 5.24. The molecule has 0 aromatic carbocycles. The summed E-state index contributed by atoms with van der Waals surface area (Å²) in [7, 11) is 8.31. The molecular weight excluding hydrogens is 226 g/mol.